The van der Waals surface area contributed by atoms with Crippen LogP contribution in [0.15, 0.2) is 0 Å². The van der Waals surface area contributed by atoms with Crippen LogP contribution in [0.4, 0.5) is 0 Å². The molecule has 80 valence electrons. The van der Waals surface area contributed by atoms with Crippen LogP contribution >= 0.6 is 0 Å². The van der Waals surface area contributed by atoms with E-state index >= 15 is 0 Å². The van der Waals surface area contributed by atoms with Crippen LogP contribution in [0.25, 0.3) is 0 Å². The van der Waals surface area contributed by atoms with Crippen LogP contribution in [0.3, 0.4) is 0 Å². The molecule has 0 aliphatic carbocycles. The van der Waals surface area contributed by atoms with Crippen molar-refractivity contribution in [2.45, 2.75) is 39.5 Å². The van der Waals surface area contributed by atoms with Gasteiger partial charge in [0.2, 0.25) is 0 Å². The molecule has 0 aromatic heterocycles. The van der Waals surface area contributed by atoms with E-state index in [-0.39, 0.29) is 0 Å². The Morgan fingerprint density at radius 2 is 1.77 bits per heavy atom. The first-order chi connectivity index (χ1) is 6.35. The van der Waals surface area contributed by atoms with Gasteiger partial charge in [-0.2, -0.15) is 0 Å². The number of nitrogens with one attached hydrogen (secondary N) is 1. The summed E-state index contributed by atoms with van der Waals surface area (Å²) in [4.78, 5) is 2.54. The van der Waals surface area contributed by atoms with E-state index in [1.54, 1.807) is 0 Å². The molecule has 0 unspecified atom stereocenters. The monoisotopic (exact) mass is 186 g/mol. The second-order valence-corrected chi connectivity index (χ2v) is 3.60. The maximum atomic E-state index is 3.18. The van der Waals surface area contributed by atoms with E-state index in [0.29, 0.717) is 0 Å². The summed E-state index contributed by atoms with van der Waals surface area (Å²) in [5, 5.41) is 3.18. The van der Waals surface area contributed by atoms with Crippen molar-refractivity contribution in [1.82, 2.24) is 10.2 Å². The SMILES string of the molecule is CCCN(CC)CCCCCNC. The van der Waals surface area contributed by atoms with Gasteiger partial charge < -0.3 is 10.2 Å². The number of rotatable bonds is 9. The third kappa shape index (κ3) is 8.26. The zero-order valence-electron chi connectivity index (χ0n) is 9.60. The molecular weight excluding hydrogens is 160 g/mol. The lowest BCUT2D eigenvalue weighted by Gasteiger charge is -2.18. The lowest BCUT2D eigenvalue weighted by molar-refractivity contribution is 0.281. The quantitative estimate of drug-likeness (QED) is 0.555. The molecule has 0 bridgehead atoms. The molecule has 0 aromatic carbocycles. The highest BCUT2D eigenvalue weighted by Crippen LogP contribution is 1.98. The van der Waals surface area contributed by atoms with E-state index in [9.17, 15) is 0 Å². The molecular formula is C11H26N2. The van der Waals surface area contributed by atoms with Gasteiger partial charge in [-0.3, -0.25) is 0 Å². The fourth-order valence-electron chi connectivity index (χ4n) is 1.56. The van der Waals surface area contributed by atoms with E-state index in [1.807, 2.05) is 7.05 Å². The first-order valence-electron chi connectivity index (χ1n) is 5.72. The smallest absolute Gasteiger partial charge is 0.00188 e. The Hall–Kier alpha value is -0.0800. The summed E-state index contributed by atoms with van der Waals surface area (Å²) in [6.45, 7) is 9.43. The maximum absolute atomic E-state index is 3.18. The van der Waals surface area contributed by atoms with Gasteiger partial charge in [-0.15, -0.1) is 0 Å². The third-order valence-corrected chi connectivity index (χ3v) is 2.39. The zero-order chi connectivity index (χ0) is 9.94. The van der Waals surface area contributed by atoms with E-state index < -0.39 is 0 Å². The van der Waals surface area contributed by atoms with Crippen molar-refractivity contribution in [1.29, 1.82) is 0 Å². The van der Waals surface area contributed by atoms with Crippen LogP contribution in [-0.4, -0.2) is 38.1 Å². The molecule has 0 atom stereocenters. The second-order valence-electron chi connectivity index (χ2n) is 3.60. The summed E-state index contributed by atoms with van der Waals surface area (Å²) >= 11 is 0. The average Bonchev–Trinajstić information content (AvgIpc) is 2.16. The summed E-state index contributed by atoms with van der Waals surface area (Å²) in [7, 11) is 2.02. The number of hydrogen-bond donors (Lipinski definition) is 1. The topological polar surface area (TPSA) is 15.3 Å². The van der Waals surface area contributed by atoms with Gasteiger partial charge >= 0.3 is 0 Å². The van der Waals surface area contributed by atoms with Crippen molar-refractivity contribution >= 4 is 0 Å². The molecule has 0 aliphatic rings. The lowest BCUT2D eigenvalue weighted by Crippen LogP contribution is -2.25. The molecule has 0 heterocycles. The van der Waals surface area contributed by atoms with E-state index in [1.165, 1.54) is 51.9 Å². The largest absolute Gasteiger partial charge is 0.320 e. The third-order valence-electron chi connectivity index (χ3n) is 2.39. The van der Waals surface area contributed by atoms with Crippen LogP contribution in [0.2, 0.25) is 0 Å². The Bertz CT molecular complexity index is 94.1. The van der Waals surface area contributed by atoms with Crippen LogP contribution in [-0.2, 0) is 0 Å². The van der Waals surface area contributed by atoms with Gasteiger partial charge in [0.25, 0.3) is 0 Å². The molecule has 0 aromatic rings. The number of nitrogens with zero attached hydrogens (tertiary/aromatic N) is 1. The Balaban J connectivity index is 3.17. The van der Waals surface area contributed by atoms with E-state index in [4.69, 9.17) is 0 Å². The highest BCUT2D eigenvalue weighted by atomic mass is 15.1. The Morgan fingerprint density at radius 1 is 1.00 bits per heavy atom. The Labute approximate surface area is 83.7 Å². The van der Waals surface area contributed by atoms with Crippen molar-refractivity contribution in [3.63, 3.8) is 0 Å². The summed E-state index contributed by atoms with van der Waals surface area (Å²) in [6, 6.07) is 0. The summed E-state index contributed by atoms with van der Waals surface area (Å²) in [6.07, 6.45) is 5.32. The molecule has 2 heteroatoms. The number of hydrogen-bond acceptors (Lipinski definition) is 2. The molecule has 0 spiro atoms. The van der Waals surface area contributed by atoms with Crippen LogP contribution in [0.1, 0.15) is 39.5 Å². The first kappa shape index (κ1) is 12.9. The molecule has 0 aliphatic heterocycles. The van der Waals surface area contributed by atoms with Crippen molar-refractivity contribution in [3.05, 3.63) is 0 Å². The van der Waals surface area contributed by atoms with Crippen LogP contribution in [0, 0.1) is 0 Å². The fraction of sp³-hybridized carbons (Fsp3) is 1.00. The minimum Gasteiger partial charge on any atom is -0.320 e. The Kier molecular flexibility index (Phi) is 9.94. The summed E-state index contributed by atoms with van der Waals surface area (Å²) in [5.74, 6) is 0. The average molecular weight is 186 g/mol. The Morgan fingerprint density at radius 3 is 2.31 bits per heavy atom. The molecule has 0 saturated carbocycles. The van der Waals surface area contributed by atoms with Crippen molar-refractivity contribution < 1.29 is 0 Å². The predicted molar refractivity (Wildman–Crippen MR) is 60.2 cm³/mol. The maximum Gasteiger partial charge on any atom is -0.00188 e. The summed E-state index contributed by atoms with van der Waals surface area (Å²) in [5.41, 5.74) is 0. The molecule has 0 saturated heterocycles. The van der Waals surface area contributed by atoms with Crippen molar-refractivity contribution in [2.24, 2.45) is 0 Å². The van der Waals surface area contributed by atoms with E-state index in [2.05, 4.69) is 24.1 Å². The summed E-state index contributed by atoms with van der Waals surface area (Å²) < 4.78 is 0. The number of unbranched alkanes of at least 4 members (excludes halogenated alkanes) is 2. The van der Waals surface area contributed by atoms with Crippen molar-refractivity contribution in [2.75, 3.05) is 33.2 Å². The van der Waals surface area contributed by atoms with Gasteiger partial charge in [-0.25, -0.2) is 0 Å². The molecule has 0 amide bonds. The van der Waals surface area contributed by atoms with E-state index in [0.717, 1.165) is 0 Å². The van der Waals surface area contributed by atoms with Gasteiger partial charge in [0, 0.05) is 0 Å². The van der Waals surface area contributed by atoms with Crippen molar-refractivity contribution in [3.8, 4) is 0 Å². The first-order valence-corrected chi connectivity index (χ1v) is 5.72. The second kappa shape index (κ2) is 10.0. The fourth-order valence-corrected chi connectivity index (χ4v) is 1.56. The highest BCUT2D eigenvalue weighted by molar-refractivity contribution is 4.54. The molecule has 13 heavy (non-hydrogen) atoms. The predicted octanol–water partition coefficient (Wildman–Crippen LogP) is 2.11. The van der Waals surface area contributed by atoms with Gasteiger partial charge in [-0.1, -0.05) is 20.3 Å². The zero-order valence-corrected chi connectivity index (χ0v) is 9.60. The van der Waals surface area contributed by atoms with Gasteiger partial charge in [0.15, 0.2) is 0 Å². The van der Waals surface area contributed by atoms with Gasteiger partial charge in [0.05, 0.1) is 0 Å². The van der Waals surface area contributed by atoms with Crippen LogP contribution in [0.5, 0.6) is 0 Å². The molecule has 1 N–H and O–H groups in total. The highest BCUT2D eigenvalue weighted by Gasteiger charge is 1.98. The lowest BCUT2D eigenvalue weighted by atomic mass is 10.2. The standard InChI is InChI=1S/C11H26N2/c1-4-10-13(5-2)11-8-6-7-9-12-3/h12H,4-11H2,1-3H3. The normalized spacial score (nSPS) is 11.1. The molecule has 0 rings (SSSR count). The molecule has 0 fully saturated rings. The van der Waals surface area contributed by atoms with Gasteiger partial charge in [0.1, 0.15) is 0 Å². The van der Waals surface area contributed by atoms with Gasteiger partial charge in [-0.05, 0) is 52.5 Å². The molecule has 2 nitrogen and oxygen atoms in total. The minimum atomic E-state index is 1.17. The van der Waals surface area contributed by atoms with Crippen LogP contribution < -0.4 is 5.32 Å². The molecule has 0 radical (unpaired) electrons. The minimum absolute atomic E-state index is 1.17.